The first kappa shape index (κ1) is 15.2. The van der Waals surface area contributed by atoms with E-state index < -0.39 is 42.5 Å². The molecule has 0 aliphatic carbocycles. The van der Waals surface area contributed by atoms with Gasteiger partial charge in [0.15, 0.2) is 0 Å². The molecule has 0 aliphatic rings. The van der Waals surface area contributed by atoms with Gasteiger partial charge in [-0.25, -0.2) is 13.4 Å². The second-order valence-corrected chi connectivity index (χ2v) is 5.35. The van der Waals surface area contributed by atoms with Gasteiger partial charge in [0.25, 0.3) is 14.8 Å². The van der Waals surface area contributed by atoms with Crippen molar-refractivity contribution in [3.63, 3.8) is 0 Å². The normalized spacial score (nSPS) is 12.2. The molecule has 0 saturated carbocycles. The maximum Gasteiger partial charge on any atom is 0.573 e. The van der Waals surface area contributed by atoms with Gasteiger partial charge in [-0.3, -0.25) is 10.1 Å². The lowest BCUT2D eigenvalue weighted by molar-refractivity contribution is -0.389. The molecule has 1 rings (SSSR count). The van der Waals surface area contributed by atoms with Crippen LogP contribution in [0.3, 0.4) is 0 Å². The molecule has 0 unspecified atom stereocenters. The Kier molecular flexibility index (Phi) is 3.77. The number of hydrogen-bond donors (Lipinski definition) is 1. The van der Waals surface area contributed by atoms with Crippen LogP contribution in [0.1, 0.15) is 0 Å². The van der Waals surface area contributed by atoms with Crippen LogP contribution in [0.25, 0.3) is 0 Å². The lowest BCUT2D eigenvalue weighted by Gasteiger charge is -2.11. The smallest absolute Gasteiger partial charge is 0.502 e. The van der Waals surface area contributed by atoms with Crippen LogP contribution in [-0.2, 0) is 9.05 Å². The maximum absolute atomic E-state index is 12.0. The lowest BCUT2D eigenvalue weighted by Crippen LogP contribution is -2.18. The van der Waals surface area contributed by atoms with Crippen molar-refractivity contribution in [2.24, 2.45) is 0 Å². The summed E-state index contributed by atoms with van der Waals surface area (Å²) >= 11 is 0. The minimum Gasteiger partial charge on any atom is -0.502 e. The standard InChI is InChI=1S/C6H2ClF3N2O6S/c7-19(16,17)5-3(13)4(18-6(8,9)10)2(1-11-5)12(14)15/h1,13H. The van der Waals surface area contributed by atoms with Crippen molar-refractivity contribution in [3.05, 3.63) is 16.3 Å². The molecule has 8 nitrogen and oxygen atoms in total. The fraction of sp³-hybridized carbons (Fsp3) is 0.167. The number of ether oxygens (including phenoxy) is 1. The molecule has 0 amide bonds. The largest absolute Gasteiger partial charge is 0.573 e. The van der Waals surface area contributed by atoms with Crippen LogP contribution in [0.4, 0.5) is 18.9 Å². The van der Waals surface area contributed by atoms with Crippen molar-refractivity contribution in [2.75, 3.05) is 0 Å². The summed E-state index contributed by atoms with van der Waals surface area (Å²) in [6, 6.07) is 0. The Balaban J connectivity index is 3.58. The van der Waals surface area contributed by atoms with E-state index in [4.69, 9.17) is 10.7 Å². The summed E-state index contributed by atoms with van der Waals surface area (Å²) in [6.07, 6.45) is -5.23. The van der Waals surface area contributed by atoms with Crippen LogP contribution in [0.5, 0.6) is 11.5 Å². The van der Waals surface area contributed by atoms with Crippen LogP contribution in [0.2, 0.25) is 0 Å². The minimum absolute atomic E-state index is 0.163. The predicted octanol–water partition coefficient (Wildman–Crippen LogP) is 1.52. The molecule has 19 heavy (non-hydrogen) atoms. The zero-order valence-electron chi connectivity index (χ0n) is 8.38. The SMILES string of the molecule is O=[N+]([O-])c1cnc(S(=O)(=O)Cl)c(O)c1OC(F)(F)F. The number of alkyl halides is 3. The van der Waals surface area contributed by atoms with Gasteiger partial charge in [0, 0.05) is 10.7 Å². The first-order chi connectivity index (χ1) is 8.43. The van der Waals surface area contributed by atoms with Gasteiger partial charge < -0.3 is 9.84 Å². The second kappa shape index (κ2) is 4.70. The summed E-state index contributed by atoms with van der Waals surface area (Å²) in [6.45, 7) is 0. The van der Waals surface area contributed by atoms with Crippen molar-refractivity contribution >= 4 is 25.4 Å². The molecule has 0 aliphatic heterocycles. The number of rotatable bonds is 3. The molecule has 106 valence electrons. The Labute approximate surface area is 107 Å². The van der Waals surface area contributed by atoms with E-state index in [0.717, 1.165) is 0 Å². The van der Waals surface area contributed by atoms with E-state index in [1.165, 1.54) is 0 Å². The Hall–Kier alpha value is -1.82. The Morgan fingerprint density at radius 1 is 1.47 bits per heavy atom. The first-order valence-electron chi connectivity index (χ1n) is 4.00. The highest BCUT2D eigenvalue weighted by molar-refractivity contribution is 8.13. The molecule has 0 spiro atoms. The Morgan fingerprint density at radius 3 is 2.37 bits per heavy atom. The third-order valence-corrected chi connectivity index (χ3v) is 2.80. The number of halogens is 4. The van der Waals surface area contributed by atoms with Crippen molar-refractivity contribution in [2.45, 2.75) is 11.4 Å². The van der Waals surface area contributed by atoms with E-state index in [1.54, 1.807) is 0 Å². The molecule has 1 N–H and O–H groups in total. The van der Waals surface area contributed by atoms with Gasteiger partial charge in [-0.05, 0) is 0 Å². The molecule has 0 saturated heterocycles. The van der Waals surface area contributed by atoms with Crippen LogP contribution in [-0.4, -0.2) is 29.8 Å². The number of aromatic nitrogens is 1. The average molecular weight is 323 g/mol. The highest BCUT2D eigenvalue weighted by Crippen LogP contribution is 2.42. The van der Waals surface area contributed by atoms with E-state index in [0.29, 0.717) is 0 Å². The van der Waals surface area contributed by atoms with Gasteiger partial charge in [-0.1, -0.05) is 0 Å². The highest BCUT2D eigenvalue weighted by atomic mass is 35.7. The van der Waals surface area contributed by atoms with Gasteiger partial charge in [-0.15, -0.1) is 13.2 Å². The third kappa shape index (κ3) is 3.57. The summed E-state index contributed by atoms with van der Waals surface area (Å²) in [5.74, 6) is -3.42. The first-order valence-corrected chi connectivity index (χ1v) is 6.31. The molecule has 1 aromatic heterocycles. The molecule has 0 fully saturated rings. The van der Waals surface area contributed by atoms with Crippen LogP contribution >= 0.6 is 10.7 Å². The Morgan fingerprint density at radius 2 is 2.00 bits per heavy atom. The van der Waals surface area contributed by atoms with E-state index in [9.17, 15) is 36.8 Å². The maximum atomic E-state index is 12.0. The van der Waals surface area contributed by atoms with Crippen molar-refractivity contribution in [3.8, 4) is 11.5 Å². The predicted molar refractivity (Wildman–Crippen MR) is 52.3 cm³/mol. The molecular weight excluding hydrogens is 321 g/mol. The van der Waals surface area contributed by atoms with Gasteiger partial charge >= 0.3 is 12.0 Å². The molecule has 0 radical (unpaired) electrons. The monoisotopic (exact) mass is 322 g/mol. The quantitative estimate of drug-likeness (QED) is 0.509. The van der Waals surface area contributed by atoms with Crippen molar-refractivity contribution in [1.29, 1.82) is 0 Å². The minimum atomic E-state index is -5.39. The fourth-order valence-corrected chi connectivity index (χ4v) is 1.82. The van der Waals surface area contributed by atoms with E-state index >= 15 is 0 Å². The van der Waals surface area contributed by atoms with Gasteiger partial charge in [-0.2, -0.15) is 0 Å². The topological polar surface area (TPSA) is 120 Å². The molecule has 1 aromatic rings. The second-order valence-electron chi connectivity index (χ2n) is 2.87. The fourth-order valence-electron chi connectivity index (χ4n) is 0.983. The molecule has 13 heteroatoms. The van der Waals surface area contributed by atoms with Gasteiger partial charge in [0.05, 0.1) is 4.92 Å². The number of nitro groups is 1. The van der Waals surface area contributed by atoms with Crippen molar-refractivity contribution in [1.82, 2.24) is 4.98 Å². The van der Waals surface area contributed by atoms with E-state index in [1.807, 2.05) is 0 Å². The molecule has 1 heterocycles. The zero-order chi connectivity index (χ0) is 15.0. The Bertz CT molecular complexity index is 631. The van der Waals surface area contributed by atoms with Crippen LogP contribution in [0, 0.1) is 10.1 Å². The number of pyridine rings is 1. The highest BCUT2D eigenvalue weighted by Gasteiger charge is 2.38. The van der Waals surface area contributed by atoms with Crippen molar-refractivity contribution < 1.29 is 36.4 Å². The molecule has 0 atom stereocenters. The van der Waals surface area contributed by atoms with Crippen LogP contribution in [0.15, 0.2) is 11.2 Å². The van der Waals surface area contributed by atoms with E-state index in [2.05, 4.69) is 9.72 Å². The summed E-state index contributed by atoms with van der Waals surface area (Å²) in [7, 11) is 0.0691. The summed E-state index contributed by atoms with van der Waals surface area (Å²) in [5, 5.41) is 18.3. The van der Waals surface area contributed by atoms with Gasteiger partial charge in [0.1, 0.15) is 6.20 Å². The van der Waals surface area contributed by atoms with Crippen LogP contribution < -0.4 is 4.74 Å². The average Bonchev–Trinajstić information content (AvgIpc) is 2.16. The zero-order valence-corrected chi connectivity index (χ0v) is 9.95. The third-order valence-electron chi connectivity index (χ3n) is 1.60. The summed E-state index contributed by atoms with van der Waals surface area (Å²) < 4.78 is 61.1. The number of hydrogen-bond acceptors (Lipinski definition) is 7. The number of nitrogens with zero attached hydrogens (tertiary/aromatic N) is 2. The molecule has 0 bridgehead atoms. The molecular formula is C6H2ClF3N2O6S. The summed E-state index contributed by atoms with van der Waals surface area (Å²) in [4.78, 5) is 12.0. The van der Waals surface area contributed by atoms with Gasteiger partial charge in [0.2, 0.25) is 10.8 Å². The van der Waals surface area contributed by atoms with E-state index in [-0.39, 0.29) is 6.20 Å². The number of aromatic hydroxyl groups is 1. The molecule has 0 aromatic carbocycles. The summed E-state index contributed by atoms with van der Waals surface area (Å²) in [5.41, 5.74) is -1.38. The lowest BCUT2D eigenvalue weighted by atomic mass is 10.3.